The molecule has 0 saturated heterocycles. The topological polar surface area (TPSA) is 63.1 Å². The number of amides is 1. The van der Waals surface area contributed by atoms with E-state index in [-0.39, 0.29) is 11.5 Å². The second kappa shape index (κ2) is 7.12. The molecule has 0 spiro atoms. The predicted octanol–water partition coefficient (Wildman–Crippen LogP) is 2.40. The van der Waals surface area contributed by atoms with Gasteiger partial charge in [0.2, 0.25) is 0 Å². The zero-order valence-corrected chi connectivity index (χ0v) is 14.0. The fraction of sp³-hybridized carbons (Fsp3) is 0.167. The van der Waals surface area contributed by atoms with E-state index in [0.717, 1.165) is 11.4 Å². The van der Waals surface area contributed by atoms with Crippen molar-refractivity contribution in [1.82, 2.24) is 20.1 Å². The molecule has 128 valence electrons. The first kappa shape index (κ1) is 16.6. The third-order valence-corrected chi connectivity index (χ3v) is 3.69. The normalized spacial score (nSPS) is 10.5. The zero-order valence-electron chi connectivity index (χ0n) is 14.0. The van der Waals surface area contributed by atoms with Crippen LogP contribution in [0.4, 0.5) is 10.2 Å². The Morgan fingerprint density at radius 2 is 2.08 bits per heavy atom. The van der Waals surface area contributed by atoms with Crippen molar-refractivity contribution in [2.45, 2.75) is 6.54 Å². The Bertz CT molecular complexity index is 877. The molecule has 6 nitrogen and oxygen atoms in total. The van der Waals surface area contributed by atoms with Crippen LogP contribution in [0.1, 0.15) is 15.9 Å². The van der Waals surface area contributed by atoms with E-state index in [1.54, 1.807) is 30.7 Å². The third kappa shape index (κ3) is 3.65. The first-order valence-electron chi connectivity index (χ1n) is 7.75. The molecule has 0 unspecified atom stereocenters. The minimum atomic E-state index is -0.508. The van der Waals surface area contributed by atoms with Crippen molar-refractivity contribution in [2.24, 2.45) is 0 Å². The Hall–Kier alpha value is -3.22. The molecule has 1 amide bonds. The first-order valence-corrected chi connectivity index (χ1v) is 7.75. The predicted molar refractivity (Wildman–Crippen MR) is 93.3 cm³/mol. The van der Waals surface area contributed by atoms with Gasteiger partial charge in [0.25, 0.3) is 5.91 Å². The van der Waals surface area contributed by atoms with Gasteiger partial charge in [0.15, 0.2) is 0 Å². The molecule has 2 heterocycles. The molecular weight excluding hydrogens is 321 g/mol. The van der Waals surface area contributed by atoms with E-state index in [0.29, 0.717) is 12.2 Å². The third-order valence-electron chi connectivity index (χ3n) is 3.69. The van der Waals surface area contributed by atoms with Crippen LogP contribution < -0.4 is 10.2 Å². The minimum Gasteiger partial charge on any atom is -0.362 e. The summed E-state index contributed by atoms with van der Waals surface area (Å²) in [7, 11) is 3.77. The van der Waals surface area contributed by atoms with Crippen LogP contribution in [-0.4, -0.2) is 34.8 Å². The number of carbonyl (C=O) groups excluding carboxylic acids is 1. The summed E-state index contributed by atoms with van der Waals surface area (Å²) >= 11 is 0. The van der Waals surface area contributed by atoms with Gasteiger partial charge in [-0.05, 0) is 30.3 Å². The fourth-order valence-corrected chi connectivity index (χ4v) is 2.49. The summed E-state index contributed by atoms with van der Waals surface area (Å²) in [5.41, 5.74) is 1.43. The maximum absolute atomic E-state index is 14.2. The molecule has 1 aromatic carbocycles. The number of benzene rings is 1. The molecule has 0 fully saturated rings. The van der Waals surface area contributed by atoms with Crippen LogP contribution in [0, 0.1) is 5.82 Å². The Kier molecular flexibility index (Phi) is 4.74. The maximum Gasteiger partial charge on any atom is 0.251 e. The largest absolute Gasteiger partial charge is 0.362 e. The summed E-state index contributed by atoms with van der Waals surface area (Å²) in [6, 6.07) is 9.73. The lowest BCUT2D eigenvalue weighted by Crippen LogP contribution is -2.24. The van der Waals surface area contributed by atoms with Crippen LogP contribution in [-0.2, 0) is 6.54 Å². The molecule has 25 heavy (non-hydrogen) atoms. The van der Waals surface area contributed by atoms with Gasteiger partial charge in [-0.15, -0.1) is 0 Å². The van der Waals surface area contributed by atoms with Gasteiger partial charge in [0.1, 0.15) is 17.3 Å². The lowest BCUT2D eigenvalue weighted by molar-refractivity contribution is 0.0950. The van der Waals surface area contributed by atoms with Gasteiger partial charge in [-0.2, -0.15) is 5.10 Å². The lowest BCUT2D eigenvalue weighted by Gasteiger charge is -2.16. The number of aromatic nitrogens is 3. The summed E-state index contributed by atoms with van der Waals surface area (Å²) in [6.45, 7) is 0.308. The molecule has 3 aromatic rings. The van der Waals surface area contributed by atoms with Crippen LogP contribution in [0.2, 0.25) is 0 Å². The van der Waals surface area contributed by atoms with E-state index in [1.165, 1.54) is 16.8 Å². The highest BCUT2D eigenvalue weighted by Crippen LogP contribution is 2.16. The van der Waals surface area contributed by atoms with Crippen molar-refractivity contribution in [3.8, 4) is 5.69 Å². The highest BCUT2D eigenvalue weighted by atomic mass is 19.1. The number of nitrogens with one attached hydrogen (secondary N) is 1. The van der Waals surface area contributed by atoms with Crippen LogP contribution in [0.3, 0.4) is 0 Å². The van der Waals surface area contributed by atoms with E-state index in [2.05, 4.69) is 15.4 Å². The molecular formula is C18H18FN5O. The lowest BCUT2D eigenvalue weighted by atomic mass is 10.1. The van der Waals surface area contributed by atoms with Crippen molar-refractivity contribution in [1.29, 1.82) is 0 Å². The smallest absolute Gasteiger partial charge is 0.251 e. The van der Waals surface area contributed by atoms with Gasteiger partial charge in [-0.25, -0.2) is 14.1 Å². The average molecular weight is 339 g/mol. The molecule has 0 saturated carbocycles. The van der Waals surface area contributed by atoms with Gasteiger partial charge in [0, 0.05) is 50.4 Å². The Morgan fingerprint density at radius 1 is 1.24 bits per heavy atom. The van der Waals surface area contributed by atoms with Gasteiger partial charge in [-0.1, -0.05) is 6.07 Å². The molecule has 0 aliphatic carbocycles. The Labute approximate surface area is 144 Å². The van der Waals surface area contributed by atoms with Crippen LogP contribution >= 0.6 is 0 Å². The summed E-state index contributed by atoms with van der Waals surface area (Å²) in [5.74, 6) is -0.0748. The van der Waals surface area contributed by atoms with E-state index in [1.807, 2.05) is 31.1 Å². The number of hydrogen-bond acceptors (Lipinski definition) is 4. The molecule has 0 bridgehead atoms. The number of halogens is 1. The highest BCUT2D eigenvalue weighted by Gasteiger charge is 2.12. The van der Waals surface area contributed by atoms with E-state index >= 15 is 0 Å². The second-order valence-corrected chi connectivity index (χ2v) is 5.68. The Balaban J connectivity index is 1.73. The minimum absolute atomic E-state index is 0.253. The molecule has 7 heteroatoms. The van der Waals surface area contributed by atoms with E-state index in [9.17, 15) is 9.18 Å². The van der Waals surface area contributed by atoms with Crippen LogP contribution in [0.5, 0.6) is 0 Å². The number of rotatable bonds is 5. The van der Waals surface area contributed by atoms with Crippen molar-refractivity contribution < 1.29 is 9.18 Å². The summed E-state index contributed by atoms with van der Waals surface area (Å²) in [4.78, 5) is 18.5. The Morgan fingerprint density at radius 3 is 2.76 bits per heavy atom. The standard InChI is InChI=1S/C18H18FN5O/c1-23(2)17-14(5-3-8-20-17)12-21-18(25)13-6-7-16(15(19)11-13)24-10-4-9-22-24/h3-11H,12H2,1-2H3,(H,21,25). The van der Waals surface area contributed by atoms with E-state index in [4.69, 9.17) is 0 Å². The van der Waals surface area contributed by atoms with Gasteiger partial charge in [0.05, 0.1) is 0 Å². The number of nitrogens with zero attached hydrogens (tertiary/aromatic N) is 4. The second-order valence-electron chi connectivity index (χ2n) is 5.68. The molecule has 0 aliphatic heterocycles. The molecule has 1 N–H and O–H groups in total. The molecule has 2 aromatic heterocycles. The SMILES string of the molecule is CN(C)c1ncccc1CNC(=O)c1ccc(-n2cccn2)c(F)c1. The number of anilines is 1. The number of carbonyl (C=O) groups is 1. The van der Waals surface area contributed by atoms with Crippen molar-refractivity contribution >= 4 is 11.7 Å². The van der Waals surface area contributed by atoms with Crippen molar-refractivity contribution in [2.75, 3.05) is 19.0 Å². The van der Waals surface area contributed by atoms with Crippen molar-refractivity contribution in [3.63, 3.8) is 0 Å². The first-order chi connectivity index (χ1) is 12.1. The summed E-state index contributed by atoms with van der Waals surface area (Å²) in [5, 5.41) is 6.79. The summed E-state index contributed by atoms with van der Waals surface area (Å²) < 4.78 is 15.7. The van der Waals surface area contributed by atoms with Crippen LogP contribution in [0.25, 0.3) is 5.69 Å². The summed E-state index contributed by atoms with van der Waals surface area (Å²) in [6.07, 6.45) is 4.91. The number of pyridine rings is 1. The van der Waals surface area contributed by atoms with Crippen LogP contribution in [0.15, 0.2) is 55.0 Å². The molecule has 0 aliphatic rings. The molecule has 0 radical (unpaired) electrons. The monoisotopic (exact) mass is 339 g/mol. The van der Waals surface area contributed by atoms with Gasteiger partial charge >= 0.3 is 0 Å². The zero-order chi connectivity index (χ0) is 17.8. The molecule has 3 rings (SSSR count). The number of hydrogen-bond donors (Lipinski definition) is 1. The van der Waals surface area contributed by atoms with Gasteiger partial charge < -0.3 is 10.2 Å². The maximum atomic E-state index is 14.2. The fourth-order valence-electron chi connectivity index (χ4n) is 2.49. The van der Waals surface area contributed by atoms with Crippen molar-refractivity contribution in [3.05, 3.63) is 71.9 Å². The van der Waals surface area contributed by atoms with Gasteiger partial charge in [-0.3, -0.25) is 4.79 Å². The highest BCUT2D eigenvalue weighted by molar-refractivity contribution is 5.94. The van der Waals surface area contributed by atoms with E-state index < -0.39 is 5.82 Å². The average Bonchev–Trinajstić information content (AvgIpc) is 3.14. The molecule has 0 atom stereocenters. The quantitative estimate of drug-likeness (QED) is 0.775.